The van der Waals surface area contributed by atoms with E-state index in [4.69, 9.17) is 0 Å². The van der Waals surface area contributed by atoms with E-state index in [-0.39, 0.29) is 11.6 Å². The summed E-state index contributed by atoms with van der Waals surface area (Å²) in [4.78, 5) is 24.1. The molecule has 1 atom stereocenters. The molecule has 100 valence electrons. The Morgan fingerprint density at radius 1 is 1.00 bits per heavy atom. The zero-order chi connectivity index (χ0) is 14.1. The summed E-state index contributed by atoms with van der Waals surface area (Å²) in [5.41, 5.74) is 1.41. The Morgan fingerprint density at radius 3 is 2.00 bits per heavy atom. The molecular weight excluding hydrogens is 228 g/mol. The number of hydrogen-bond acceptors (Lipinski definition) is 3. The number of rotatable bonds is 4. The minimum atomic E-state index is -0.777. The van der Waals surface area contributed by atoms with Crippen molar-refractivity contribution in [2.24, 2.45) is 0 Å². The molecule has 0 radical (unpaired) electrons. The molecule has 0 aliphatic heterocycles. The van der Waals surface area contributed by atoms with Crippen LogP contribution in [0.5, 0.6) is 0 Å². The summed E-state index contributed by atoms with van der Waals surface area (Å²) in [6.45, 7) is 8.75. The lowest BCUT2D eigenvalue weighted by atomic mass is 9.82. The fraction of sp³-hybridized carbons (Fsp3) is 0.600. The Kier molecular flexibility index (Phi) is 4.28. The van der Waals surface area contributed by atoms with Crippen LogP contribution in [-0.2, 0) is 9.59 Å². The molecule has 0 spiro atoms. The van der Waals surface area contributed by atoms with Gasteiger partial charge in [0.25, 0.3) is 0 Å². The molecule has 0 unspecified atom stereocenters. The topological polar surface area (TPSA) is 54.4 Å². The van der Waals surface area contributed by atoms with Gasteiger partial charge in [0.1, 0.15) is 0 Å². The van der Waals surface area contributed by atoms with Crippen molar-refractivity contribution >= 4 is 11.6 Å². The summed E-state index contributed by atoms with van der Waals surface area (Å²) < 4.78 is 0. The van der Waals surface area contributed by atoms with E-state index in [1.165, 1.54) is 0 Å². The lowest BCUT2D eigenvalue weighted by Gasteiger charge is -2.24. The van der Waals surface area contributed by atoms with Gasteiger partial charge in [0, 0.05) is 22.3 Å². The molecular formula is C15H22O3. The third-order valence-electron chi connectivity index (χ3n) is 3.99. The van der Waals surface area contributed by atoms with Crippen molar-refractivity contribution in [3.63, 3.8) is 0 Å². The quantitative estimate of drug-likeness (QED) is 0.780. The molecule has 0 bridgehead atoms. The van der Waals surface area contributed by atoms with Gasteiger partial charge in [-0.25, -0.2) is 0 Å². The lowest BCUT2D eigenvalue weighted by Crippen LogP contribution is -2.26. The average Bonchev–Trinajstić information content (AvgIpc) is 2.34. The second kappa shape index (κ2) is 5.19. The first-order valence-electron chi connectivity index (χ1n) is 6.40. The zero-order valence-corrected chi connectivity index (χ0v) is 11.9. The predicted octanol–water partition coefficient (Wildman–Crippen LogP) is 2.73. The molecule has 1 aliphatic rings. The van der Waals surface area contributed by atoms with Gasteiger partial charge < -0.3 is 5.11 Å². The SMILES string of the molecule is CC[C@](C)(O)CCC1=C(C)C(=O)C(C)=C(C)C1=O. The Labute approximate surface area is 109 Å². The van der Waals surface area contributed by atoms with Crippen LogP contribution in [0.2, 0.25) is 0 Å². The highest BCUT2D eigenvalue weighted by Crippen LogP contribution is 2.29. The van der Waals surface area contributed by atoms with Gasteiger partial charge in [0.2, 0.25) is 0 Å². The number of allylic oxidation sites excluding steroid dienone is 4. The van der Waals surface area contributed by atoms with Crippen LogP contribution in [0.25, 0.3) is 0 Å². The predicted molar refractivity (Wildman–Crippen MR) is 71.2 cm³/mol. The van der Waals surface area contributed by atoms with Gasteiger partial charge in [-0.2, -0.15) is 0 Å². The molecule has 0 aromatic carbocycles. The van der Waals surface area contributed by atoms with Crippen LogP contribution < -0.4 is 0 Å². The van der Waals surface area contributed by atoms with E-state index >= 15 is 0 Å². The molecule has 18 heavy (non-hydrogen) atoms. The van der Waals surface area contributed by atoms with Crippen LogP contribution in [0.4, 0.5) is 0 Å². The highest BCUT2D eigenvalue weighted by molar-refractivity contribution is 6.24. The number of hydrogen-bond donors (Lipinski definition) is 1. The van der Waals surface area contributed by atoms with Crippen molar-refractivity contribution < 1.29 is 14.7 Å². The monoisotopic (exact) mass is 250 g/mol. The van der Waals surface area contributed by atoms with Crippen LogP contribution in [0.1, 0.15) is 53.9 Å². The molecule has 1 aliphatic carbocycles. The summed E-state index contributed by atoms with van der Waals surface area (Å²) in [5, 5.41) is 9.98. The first kappa shape index (κ1) is 14.8. The van der Waals surface area contributed by atoms with E-state index in [2.05, 4.69) is 0 Å². The highest BCUT2D eigenvalue weighted by Gasteiger charge is 2.29. The molecule has 0 saturated heterocycles. The third-order valence-corrected chi connectivity index (χ3v) is 3.99. The molecule has 0 aromatic rings. The van der Waals surface area contributed by atoms with Gasteiger partial charge in [0.15, 0.2) is 11.6 Å². The lowest BCUT2D eigenvalue weighted by molar-refractivity contribution is -0.116. The van der Waals surface area contributed by atoms with Crippen LogP contribution in [0.15, 0.2) is 22.3 Å². The van der Waals surface area contributed by atoms with Crippen LogP contribution in [0.3, 0.4) is 0 Å². The summed E-state index contributed by atoms with van der Waals surface area (Å²) in [6.07, 6.45) is 1.60. The number of aliphatic hydroxyl groups is 1. The highest BCUT2D eigenvalue weighted by atomic mass is 16.3. The second-order valence-electron chi connectivity index (χ2n) is 5.36. The number of carbonyl (C=O) groups excluding carboxylic acids is 2. The van der Waals surface area contributed by atoms with Crippen molar-refractivity contribution in [2.45, 2.75) is 59.5 Å². The Morgan fingerprint density at radius 2 is 1.50 bits per heavy atom. The number of Topliss-reactive ketones (excluding diaryl/α,β-unsaturated/α-hetero) is 2. The maximum Gasteiger partial charge on any atom is 0.185 e. The average molecular weight is 250 g/mol. The fourth-order valence-corrected chi connectivity index (χ4v) is 2.03. The molecule has 3 heteroatoms. The molecule has 0 aromatic heterocycles. The summed E-state index contributed by atoms with van der Waals surface area (Å²) in [6, 6.07) is 0. The number of ketones is 2. The van der Waals surface area contributed by atoms with Crippen molar-refractivity contribution in [1.82, 2.24) is 0 Å². The molecule has 0 fully saturated rings. The van der Waals surface area contributed by atoms with Crippen molar-refractivity contribution in [1.29, 1.82) is 0 Å². The van der Waals surface area contributed by atoms with Crippen molar-refractivity contribution in [3.8, 4) is 0 Å². The van der Waals surface area contributed by atoms with Gasteiger partial charge in [0.05, 0.1) is 5.60 Å². The van der Waals surface area contributed by atoms with E-state index < -0.39 is 5.60 Å². The van der Waals surface area contributed by atoms with Crippen LogP contribution >= 0.6 is 0 Å². The zero-order valence-electron chi connectivity index (χ0n) is 11.9. The minimum Gasteiger partial charge on any atom is -0.390 e. The van der Waals surface area contributed by atoms with Crippen LogP contribution in [-0.4, -0.2) is 22.3 Å². The fourth-order valence-electron chi connectivity index (χ4n) is 2.03. The van der Waals surface area contributed by atoms with E-state index in [1.54, 1.807) is 27.7 Å². The second-order valence-corrected chi connectivity index (χ2v) is 5.36. The summed E-state index contributed by atoms with van der Waals surface area (Å²) in [5.74, 6) is -0.0882. The van der Waals surface area contributed by atoms with Crippen molar-refractivity contribution in [2.75, 3.05) is 0 Å². The molecule has 0 saturated carbocycles. The van der Waals surface area contributed by atoms with Gasteiger partial charge >= 0.3 is 0 Å². The van der Waals surface area contributed by atoms with Gasteiger partial charge in [-0.3, -0.25) is 9.59 Å². The van der Waals surface area contributed by atoms with Gasteiger partial charge in [-0.15, -0.1) is 0 Å². The molecule has 0 amide bonds. The smallest absolute Gasteiger partial charge is 0.185 e. The standard InChI is InChI=1S/C15H22O3/c1-6-15(5,18)8-7-12-11(4)13(16)9(2)10(3)14(12)17/h18H,6-8H2,1-5H3/t15-/m0/s1. The molecule has 0 heterocycles. The van der Waals surface area contributed by atoms with E-state index in [9.17, 15) is 14.7 Å². The van der Waals surface area contributed by atoms with E-state index in [1.807, 2.05) is 6.92 Å². The molecule has 1 rings (SSSR count). The molecule has 3 nitrogen and oxygen atoms in total. The third kappa shape index (κ3) is 2.78. The number of carbonyl (C=O) groups is 2. The van der Waals surface area contributed by atoms with Crippen molar-refractivity contribution in [3.05, 3.63) is 22.3 Å². The maximum atomic E-state index is 12.1. The Hall–Kier alpha value is -1.22. The van der Waals surface area contributed by atoms with Gasteiger partial charge in [-0.1, -0.05) is 6.92 Å². The summed E-state index contributed by atoms with van der Waals surface area (Å²) in [7, 11) is 0. The first-order chi connectivity index (χ1) is 8.21. The van der Waals surface area contributed by atoms with Gasteiger partial charge in [-0.05, 0) is 47.0 Å². The van der Waals surface area contributed by atoms with E-state index in [0.717, 1.165) is 0 Å². The van der Waals surface area contributed by atoms with Crippen LogP contribution in [0, 0.1) is 0 Å². The molecule has 1 N–H and O–H groups in total. The first-order valence-corrected chi connectivity index (χ1v) is 6.40. The normalized spacial score (nSPS) is 20.6. The maximum absolute atomic E-state index is 12.1. The van der Waals surface area contributed by atoms with E-state index in [0.29, 0.717) is 41.6 Å². The summed E-state index contributed by atoms with van der Waals surface area (Å²) >= 11 is 0. The largest absolute Gasteiger partial charge is 0.390 e. The Bertz CT molecular complexity index is 450. The minimum absolute atomic E-state index is 0.0433. The Balaban J connectivity index is 2.96.